The molecule has 1 aliphatic carbocycles. The van der Waals surface area contributed by atoms with Gasteiger partial charge in [-0.1, -0.05) is 63.1 Å². The fourth-order valence-electron chi connectivity index (χ4n) is 2.51. The smallest absolute Gasteiger partial charge is 0.310 e. The lowest BCUT2D eigenvalue weighted by Crippen LogP contribution is -2.33. The molecule has 1 aliphatic rings. The minimum absolute atomic E-state index is 0.264. The number of esters is 2. The third kappa shape index (κ3) is 7.62. The molecule has 0 saturated carbocycles. The summed E-state index contributed by atoms with van der Waals surface area (Å²) < 4.78 is 10.6. The predicted molar refractivity (Wildman–Crippen MR) is 95.4 cm³/mol. The Kier molecular flexibility index (Phi) is 10.6. The van der Waals surface area contributed by atoms with Crippen molar-refractivity contribution in [3.8, 4) is 0 Å². The number of rotatable bonds is 10. The summed E-state index contributed by atoms with van der Waals surface area (Å²) in [7, 11) is 0. The third-order valence-electron chi connectivity index (χ3n) is 3.93. The molecule has 0 amide bonds. The van der Waals surface area contributed by atoms with Crippen LogP contribution < -0.4 is 0 Å². The minimum Gasteiger partial charge on any atom is -0.461 e. The zero-order valence-corrected chi connectivity index (χ0v) is 14.9. The maximum atomic E-state index is 12.2. The van der Waals surface area contributed by atoms with Crippen molar-refractivity contribution >= 4 is 11.9 Å². The van der Waals surface area contributed by atoms with Gasteiger partial charge in [0.2, 0.25) is 0 Å². The summed E-state index contributed by atoms with van der Waals surface area (Å²) in [5.41, 5.74) is 0. The number of hydrogen-bond acceptors (Lipinski definition) is 4. The molecule has 0 aromatic heterocycles. The van der Waals surface area contributed by atoms with Gasteiger partial charge >= 0.3 is 11.9 Å². The summed E-state index contributed by atoms with van der Waals surface area (Å²) in [6.45, 7) is 4.72. The first-order valence-corrected chi connectivity index (χ1v) is 8.98. The molecule has 4 heteroatoms. The lowest BCUT2D eigenvalue weighted by Gasteiger charge is -2.24. The Balaban J connectivity index is 2.47. The fraction of sp³-hybridized carbons (Fsp3) is 0.600. The first kappa shape index (κ1) is 20.2. The Hall–Kier alpha value is -1.84. The molecular formula is C20H30O4. The molecule has 0 aromatic rings. The van der Waals surface area contributed by atoms with Crippen molar-refractivity contribution in [2.24, 2.45) is 11.8 Å². The van der Waals surface area contributed by atoms with E-state index in [1.807, 2.05) is 36.5 Å². The lowest BCUT2D eigenvalue weighted by atomic mass is 9.83. The van der Waals surface area contributed by atoms with Crippen LogP contribution in [0.4, 0.5) is 0 Å². The average Bonchev–Trinajstić information content (AvgIpc) is 2.61. The van der Waals surface area contributed by atoms with Crippen molar-refractivity contribution in [3.05, 3.63) is 36.5 Å². The van der Waals surface area contributed by atoms with Crippen LogP contribution in [0.25, 0.3) is 0 Å². The van der Waals surface area contributed by atoms with Crippen LogP contribution in [0.15, 0.2) is 36.5 Å². The number of unbranched alkanes of at least 4 members (excludes halogenated alkanes) is 2. The predicted octanol–water partition coefficient (Wildman–Crippen LogP) is 4.37. The molecule has 0 heterocycles. The van der Waals surface area contributed by atoms with E-state index in [1.54, 1.807) is 0 Å². The Bertz CT molecular complexity index is 420. The molecule has 1 rings (SSSR count). The van der Waals surface area contributed by atoms with Crippen molar-refractivity contribution in [1.29, 1.82) is 0 Å². The maximum Gasteiger partial charge on any atom is 0.310 e. The van der Waals surface area contributed by atoms with Crippen LogP contribution in [0, 0.1) is 11.8 Å². The van der Waals surface area contributed by atoms with E-state index in [9.17, 15) is 9.59 Å². The maximum absolute atomic E-state index is 12.2. The number of carbonyl (C=O) groups is 2. The van der Waals surface area contributed by atoms with E-state index in [4.69, 9.17) is 9.47 Å². The van der Waals surface area contributed by atoms with Crippen LogP contribution in [0.3, 0.4) is 0 Å². The average molecular weight is 334 g/mol. The second-order valence-corrected chi connectivity index (χ2v) is 5.94. The molecule has 134 valence electrons. The zero-order chi connectivity index (χ0) is 17.6. The molecule has 0 aliphatic heterocycles. The van der Waals surface area contributed by atoms with E-state index in [1.165, 1.54) is 0 Å². The second kappa shape index (κ2) is 12.6. The van der Waals surface area contributed by atoms with Crippen LogP contribution in [-0.4, -0.2) is 25.2 Å². The van der Waals surface area contributed by atoms with Crippen molar-refractivity contribution in [3.63, 3.8) is 0 Å². The Morgan fingerprint density at radius 2 is 1.25 bits per heavy atom. The topological polar surface area (TPSA) is 52.6 Å². The highest BCUT2D eigenvalue weighted by Crippen LogP contribution is 2.28. The van der Waals surface area contributed by atoms with Gasteiger partial charge in [-0.05, 0) is 25.7 Å². The molecule has 2 atom stereocenters. The normalized spacial score (nSPS) is 20.6. The molecule has 0 aromatic carbocycles. The quantitative estimate of drug-likeness (QED) is 0.440. The van der Waals surface area contributed by atoms with Crippen molar-refractivity contribution in [2.75, 3.05) is 13.2 Å². The van der Waals surface area contributed by atoms with Gasteiger partial charge < -0.3 is 9.47 Å². The summed E-state index contributed by atoms with van der Waals surface area (Å²) in [6.07, 6.45) is 16.7. The molecule has 24 heavy (non-hydrogen) atoms. The summed E-state index contributed by atoms with van der Waals surface area (Å²) >= 11 is 0. The zero-order valence-electron chi connectivity index (χ0n) is 14.9. The van der Waals surface area contributed by atoms with Gasteiger partial charge in [-0.25, -0.2) is 0 Å². The Morgan fingerprint density at radius 3 is 1.62 bits per heavy atom. The molecule has 0 N–H and O–H groups in total. The SMILES string of the molecule is CCC/C=C/COC(=O)C1CC=CCC1C(=O)OC/C=C/CCC. The molecule has 0 radical (unpaired) electrons. The van der Waals surface area contributed by atoms with Crippen LogP contribution >= 0.6 is 0 Å². The summed E-state index contributed by atoms with van der Waals surface area (Å²) in [6, 6.07) is 0. The molecule has 0 saturated heterocycles. The molecule has 0 spiro atoms. The van der Waals surface area contributed by atoms with E-state index in [2.05, 4.69) is 13.8 Å². The Morgan fingerprint density at radius 1 is 0.833 bits per heavy atom. The van der Waals surface area contributed by atoms with Gasteiger partial charge in [0.15, 0.2) is 0 Å². The van der Waals surface area contributed by atoms with Gasteiger partial charge in [-0.3, -0.25) is 9.59 Å². The van der Waals surface area contributed by atoms with E-state index >= 15 is 0 Å². The van der Waals surface area contributed by atoms with Crippen LogP contribution in [0.1, 0.15) is 52.4 Å². The minimum atomic E-state index is -0.443. The van der Waals surface area contributed by atoms with Crippen LogP contribution in [0.2, 0.25) is 0 Å². The molecule has 0 fully saturated rings. The van der Waals surface area contributed by atoms with E-state index in [0.717, 1.165) is 25.7 Å². The van der Waals surface area contributed by atoms with Gasteiger partial charge in [-0.2, -0.15) is 0 Å². The highest BCUT2D eigenvalue weighted by molar-refractivity contribution is 5.82. The van der Waals surface area contributed by atoms with E-state index < -0.39 is 11.8 Å². The molecule has 4 nitrogen and oxygen atoms in total. The number of ether oxygens (including phenoxy) is 2. The van der Waals surface area contributed by atoms with Crippen LogP contribution in [0.5, 0.6) is 0 Å². The molecular weight excluding hydrogens is 304 g/mol. The largest absolute Gasteiger partial charge is 0.461 e. The van der Waals surface area contributed by atoms with Gasteiger partial charge in [0.25, 0.3) is 0 Å². The third-order valence-corrected chi connectivity index (χ3v) is 3.93. The lowest BCUT2D eigenvalue weighted by molar-refractivity contribution is -0.159. The van der Waals surface area contributed by atoms with Crippen LogP contribution in [-0.2, 0) is 19.1 Å². The summed E-state index contributed by atoms with van der Waals surface area (Å²) in [4.78, 5) is 24.5. The fourth-order valence-corrected chi connectivity index (χ4v) is 2.51. The first-order chi connectivity index (χ1) is 11.7. The monoisotopic (exact) mass is 334 g/mol. The summed E-state index contributed by atoms with van der Waals surface area (Å²) in [5.74, 6) is -1.52. The highest BCUT2D eigenvalue weighted by Gasteiger charge is 2.36. The molecule has 2 unspecified atom stereocenters. The first-order valence-electron chi connectivity index (χ1n) is 8.98. The van der Waals surface area contributed by atoms with Gasteiger partial charge in [0, 0.05) is 0 Å². The van der Waals surface area contributed by atoms with Crippen molar-refractivity contribution in [1.82, 2.24) is 0 Å². The van der Waals surface area contributed by atoms with Gasteiger partial charge in [0.05, 0.1) is 11.8 Å². The van der Waals surface area contributed by atoms with E-state index in [-0.39, 0.29) is 25.2 Å². The van der Waals surface area contributed by atoms with E-state index in [0.29, 0.717) is 12.8 Å². The Labute approximate surface area is 145 Å². The van der Waals surface area contributed by atoms with Gasteiger partial charge in [-0.15, -0.1) is 0 Å². The highest BCUT2D eigenvalue weighted by atomic mass is 16.5. The number of allylic oxidation sites excluding steroid dienone is 4. The van der Waals surface area contributed by atoms with Gasteiger partial charge in [0.1, 0.15) is 13.2 Å². The van der Waals surface area contributed by atoms with Crippen molar-refractivity contribution < 1.29 is 19.1 Å². The summed E-state index contributed by atoms with van der Waals surface area (Å²) in [5, 5.41) is 0. The molecule has 0 bridgehead atoms. The standard InChI is InChI=1S/C20H30O4/c1-3-5-7-11-15-23-19(21)17-13-9-10-14-18(17)20(22)24-16-12-8-6-4-2/h7-12,17-18H,3-6,13-16H2,1-2H3/b11-7+,12-8+. The van der Waals surface area contributed by atoms with Crippen molar-refractivity contribution in [2.45, 2.75) is 52.4 Å². The number of carbonyl (C=O) groups excluding carboxylic acids is 2. The number of hydrogen-bond donors (Lipinski definition) is 0. The second-order valence-electron chi connectivity index (χ2n) is 5.94.